The van der Waals surface area contributed by atoms with Crippen molar-refractivity contribution in [3.8, 4) is 0 Å². The number of nitrogens with zero attached hydrogens (tertiary/aromatic N) is 2. The van der Waals surface area contributed by atoms with Crippen LogP contribution in [-0.4, -0.2) is 9.97 Å². The van der Waals surface area contributed by atoms with Gasteiger partial charge in [-0.15, -0.1) is 11.3 Å². The first kappa shape index (κ1) is 9.35. The molecule has 0 bridgehead atoms. The van der Waals surface area contributed by atoms with E-state index in [2.05, 4.69) is 9.97 Å². The number of aromatic nitrogens is 2. The van der Waals surface area contributed by atoms with Gasteiger partial charge in [0.05, 0.1) is 6.42 Å². The first-order valence-electron chi connectivity index (χ1n) is 4.85. The normalized spacial score (nSPS) is 11.0. The number of hydrogen-bond acceptors (Lipinski definition) is 5. The van der Waals surface area contributed by atoms with Gasteiger partial charge in [0.15, 0.2) is 5.58 Å². The lowest BCUT2D eigenvalue weighted by atomic mass is 10.3. The number of thiophene rings is 1. The van der Waals surface area contributed by atoms with Gasteiger partial charge in [0.2, 0.25) is 5.89 Å². The Labute approximate surface area is 95.7 Å². The van der Waals surface area contributed by atoms with Crippen LogP contribution in [0.1, 0.15) is 11.6 Å². The summed E-state index contributed by atoms with van der Waals surface area (Å²) in [5, 5.41) is 2.57. The maximum atomic E-state index is 5.75. The SMILES string of the molecule is Nc1scc2nc(Cc3ccccn3)oc12. The number of nitrogens with two attached hydrogens (primary N) is 1. The summed E-state index contributed by atoms with van der Waals surface area (Å²) in [5.41, 5.74) is 8.21. The fourth-order valence-electron chi connectivity index (χ4n) is 1.54. The topological polar surface area (TPSA) is 64.9 Å². The number of hydrogen-bond donors (Lipinski definition) is 1. The van der Waals surface area contributed by atoms with Crippen molar-refractivity contribution >= 4 is 27.4 Å². The van der Waals surface area contributed by atoms with Crippen LogP contribution in [0.2, 0.25) is 0 Å². The van der Waals surface area contributed by atoms with Crippen LogP contribution in [-0.2, 0) is 6.42 Å². The first-order chi connectivity index (χ1) is 7.83. The van der Waals surface area contributed by atoms with Gasteiger partial charge in [0, 0.05) is 17.3 Å². The van der Waals surface area contributed by atoms with Crippen LogP contribution in [0.5, 0.6) is 0 Å². The van der Waals surface area contributed by atoms with E-state index in [1.165, 1.54) is 11.3 Å². The average Bonchev–Trinajstić information content (AvgIpc) is 2.83. The van der Waals surface area contributed by atoms with Gasteiger partial charge < -0.3 is 10.2 Å². The third-order valence-electron chi connectivity index (χ3n) is 2.28. The van der Waals surface area contributed by atoms with Gasteiger partial charge in [-0.2, -0.15) is 0 Å². The van der Waals surface area contributed by atoms with Gasteiger partial charge in [-0.3, -0.25) is 4.98 Å². The molecule has 3 heterocycles. The molecule has 16 heavy (non-hydrogen) atoms. The smallest absolute Gasteiger partial charge is 0.201 e. The fraction of sp³-hybridized carbons (Fsp3) is 0.0909. The predicted octanol–water partition coefficient (Wildman–Crippen LogP) is 2.46. The summed E-state index contributed by atoms with van der Waals surface area (Å²) in [6, 6.07) is 5.78. The number of rotatable bonds is 2. The van der Waals surface area contributed by atoms with Crippen LogP contribution < -0.4 is 5.73 Å². The molecule has 3 aromatic rings. The fourth-order valence-corrected chi connectivity index (χ4v) is 2.19. The molecule has 0 saturated carbocycles. The summed E-state index contributed by atoms with van der Waals surface area (Å²) in [5.74, 6) is 0.656. The Kier molecular flexibility index (Phi) is 2.11. The average molecular weight is 231 g/mol. The minimum absolute atomic E-state index is 0.597. The van der Waals surface area contributed by atoms with E-state index < -0.39 is 0 Å². The molecule has 2 N–H and O–H groups in total. The zero-order valence-corrected chi connectivity index (χ0v) is 9.20. The molecule has 0 radical (unpaired) electrons. The highest BCUT2D eigenvalue weighted by molar-refractivity contribution is 7.15. The monoisotopic (exact) mass is 231 g/mol. The highest BCUT2D eigenvalue weighted by Gasteiger charge is 2.10. The van der Waals surface area contributed by atoms with Crippen molar-refractivity contribution in [2.45, 2.75) is 6.42 Å². The molecule has 0 aliphatic rings. The van der Waals surface area contributed by atoms with Crippen LogP contribution in [0.3, 0.4) is 0 Å². The van der Waals surface area contributed by atoms with Gasteiger partial charge in [0.25, 0.3) is 0 Å². The number of anilines is 1. The molecule has 0 unspecified atom stereocenters. The predicted molar refractivity (Wildman–Crippen MR) is 63.3 cm³/mol. The summed E-state index contributed by atoms with van der Waals surface area (Å²) in [6.45, 7) is 0. The van der Waals surface area contributed by atoms with E-state index in [4.69, 9.17) is 10.2 Å². The number of oxazole rings is 1. The third kappa shape index (κ3) is 1.55. The zero-order valence-electron chi connectivity index (χ0n) is 8.38. The van der Waals surface area contributed by atoms with Gasteiger partial charge in [-0.05, 0) is 12.1 Å². The molecule has 0 spiro atoms. The minimum atomic E-state index is 0.597. The molecule has 0 atom stereocenters. The van der Waals surface area contributed by atoms with Crippen LogP contribution in [0.25, 0.3) is 11.1 Å². The van der Waals surface area contributed by atoms with Crippen LogP contribution in [0.4, 0.5) is 5.00 Å². The van der Waals surface area contributed by atoms with Crippen molar-refractivity contribution in [2.24, 2.45) is 0 Å². The second-order valence-electron chi connectivity index (χ2n) is 3.42. The third-order valence-corrected chi connectivity index (χ3v) is 3.06. The molecular formula is C11H9N3OS. The lowest BCUT2D eigenvalue weighted by Gasteiger charge is -1.94. The van der Waals surface area contributed by atoms with Crippen LogP contribution in [0, 0.1) is 0 Å². The quantitative estimate of drug-likeness (QED) is 0.735. The number of fused-ring (bicyclic) bond motifs is 1. The van der Waals surface area contributed by atoms with Crippen molar-refractivity contribution in [3.63, 3.8) is 0 Å². The van der Waals surface area contributed by atoms with Crippen molar-refractivity contribution in [3.05, 3.63) is 41.4 Å². The Morgan fingerprint density at radius 1 is 1.38 bits per heavy atom. The Bertz CT molecular complexity index is 614. The van der Waals surface area contributed by atoms with Crippen molar-refractivity contribution < 1.29 is 4.42 Å². The van der Waals surface area contributed by atoms with Gasteiger partial charge >= 0.3 is 0 Å². The highest BCUT2D eigenvalue weighted by atomic mass is 32.1. The Balaban J connectivity index is 1.95. The van der Waals surface area contributed by atoms with E-state index >= 15 is 0 Å². The summed E-state index contributed by atoms with van der Waals surface area (Å²) >= 11 is 1.45. The lowest BCUT2D eigenvalue weighted by Crippen LogP contribution is -1.90. The maximum Gasteiger partial charge on any atom is 0.201 e. The molecule has 3 rings (SSSR count). The van der Waals surface area contributed by atoms with Crippen LogP contribution >= 0.6 is 11.3 Å². The molecule has 0 amide bonds. The molecule has 0 aromatic carbocycles. The minimum Gasteiger partial charge on any atom is -0.437 e. The first-order valence-corrected chi connectivity index (χ1v) is 5.73. The second kappa shape index (κ2) is 3.61. The van der Waals surface area contributed by atoms with Crippen molar-refractivity contribution in [1.82, 2.24) is 9.97 Å². The summed E-state index contributed by atoms with van der Waals surface area (Å²) in [7, 11) is 0. The molecule has 4 nitrogen and oxygen atoms in total. The largest absolute Gasteiger partial charge is 0.437 e. The van der Waals surface area contributed by atoms with Gasteiger partial charge in [0.1, 0.15) is 10.5 Å². The summed E-state index contributed by atoms with van der Waals surface area (Å²) in [6.07, 6.45) is 2.36. The van der Waals surface area contributed by atoms with Crippen molar-refractivity contribution in [1.29, 1.82) is 0 Å². The molecule has 80 valence electrons. The van der Waals surface area contributed by atoms with Gasteiger partial charge in [-0.25, -0.2) is 4.98 Å². The Morgan fingerprint density at radius 3 is 3.06 bits per heavy atom. The maximum absolute atomic E-state index is 5.75. The molecular weight excluding hydrogens is 222 g/mol. The van der Waals surface area contributed by atoms with E-state index in [9.17, 15) is 0 Å². The standard InChI is InChI=1S/C11H9N3OS/c12-11-10-8(6-16-11)14-9(15-10)5-7-3-1-2-4-13-7/h1-4,6H,5,12H2. The zero-order chi connectivity index (χ0) is 11.0. The lowest BCUT2D eigenvalue weighted by molar-refractivity contribution is 0.543. The summed E-state index contributed by atoms with van der Waals surface area (Å²) in [4.78, 5) is 8.57. The van der Waals surface area contributed by atoms with E-state index in [0.717, 1.165) is 11.2 Å². The molecule has 0 aliphatic carbocycles. The second-order valence-corrected chi connectivity index (χ2v) is 4.33. The Hall–Kier alpha value is -1.88. The molecule has 5 heteroatoms. The summed E-state index contributed by atoms with van der Waals surface area (Å²) < 4.78 is 5.58. The van der Waals surface area contributed by atoms with E-state index in [1.807, 2.05) is 23.6 Å². The molecule has 0 fully saturated rings. The number of pyridine rings is 1. The van der Waals surface area contributed by atoms with E-state index in [0.29, 0.717) is 22.9 Å². The van der Waals surface area contributed by atoms with E-state index in [1.54, 1.807) is 6.20 Å². The molecule has 0 aliphatic heterocycles. The van der Waals surface area contributed by atoms with E-state index in [-0.39, 0.29) is 0 Å². The molecule has 0 saturated heterocycles. The van der Waals surface area contributed by atoms with Crippen molar-refractivity contribution in [2.75, 3.05) is 5.73 Å². The number of nitrogen functional groups attached to an aromatic ring is 1. The highest BCUT2D eigenvalue weighted by Crippen LogP contribution is 2.28. The van der Waals surface area contributed by atoms with Gasteiger partial charge in [-0.1, -0.05) is 6.07 Å². The Morgan fingerprint density at radius 2 is 2.31 bits per heavy atom. The molecule has 3 aromatic heterocycles. The van der Waals surface area contributed by atoms with Crippen LogP contribution in [0.15, 0.2) is 34.2 Å².